The maximum Gasteiger partial charge on any atom is 0.354 e. The van der Waals surface area contributed by atoms with E-state index in [9.17, 15) is 9.59 Å². The number of allylic oxidation sites excluding steroid dienone is 1. The third kappa shape index (κ3) is 3.84. The number of amides is 1. The first-order chi connectivity index (χ1) is 9.57. The molecule has 0 radical (unpaired) electrons. The van der Waals surface area contributed by atoms with Crippen molar-refractivity contribution >= 4 is 23.6 Å². The molecule has 0 unspecified atom stereocenters. The first-order valence-electron chi connectivity index (χ1n) is 6.17. The molecule has 1 aromatic heterocycles. The van der Waals surface area contributed by atoms with E-state index in [1.807, 2.05) is 25.3 Å². The highest BCUT2D eigenvalue weighted by molar-refractivity contribution is 7.98. The van der Waals surface area contributed by atoms with Crippen molar-refractivity contribution in [3.8, 4) is 0 Å². The van der Waals surface area contributed by atoms with Gasteiger partial charge in [0.2, 0.25) is 0 Å². The van der Waals surface area contributed by atoms with Gasteiger partial charge in [-0.05, 0) is 31.7 Å². The van der Waals surface area contributed by atoms with E-state index in [1.54, 1.807) is 6.92 Å². The van der Waals surface area contributed by atoms with Crippen molar-refractivity contribution in [2.24, 2.45) is 0 Å². The van der Waals surface area contributed by atoms with Crippen molar-refractivity contribution in [1.29, 1.82) is 0 Å². The fourth-order valence-electron chi connectivity index (χ4n) is 1.54. The molecule has 5 nitrogen and oxygen atoms in total. The molecule has 1 heterocycles. The average molecular weight is 294 g/mol. The van der Waals surface area contributed by atoms with Gasteiger partial charge < -0.3 is 10.1 Å². The first kappa shape index (κ1) is 16.2. The molecule has 0 fully saturated rings. The van der Waals surface area contributed by atoms with E-state index in [1.165, 1.54) is 24.9 Å². The number of methoxy groups -OCH3 is 1. The summed E-state index contributed by atoms with van der Waals surface area (Å²) in [6.07, 6.45) is 4.10. The Bertz CT molecular complexity index is 541. The van der Waals surface area contributed by atoms with E-state index in [0.29, 0.717) is 5.69 Å². The summed E-state index contributed by atoms with van der Waals surface area (Å²) in [6, 6.07) is 3.75. The summed E-state index contributed by atoms with van der Waals surface area (Å²) < 4.78 is 4.59. The largest absolute Gasteiger partial charge is 0.464 e. The number of ether oxygens (including phenoxy) is 1. The molecule has 1 aromatic rings. The van der Waals surface area contributed by atoms with Gasteiger partial charge in [0.1, 0.15) is 11.4 Å². The number of rotatable bonds is 5. The van der Waals surface area contributed by atoms with Gasteiger partial charge >= 0.3 is 5.97 Å². The van der Waals surface area contributed by atoms with Gasteiger partial charge in [-0.3, -0.25) is 4.79 Å². The van der Waals surface area contributed by atoms with Crippen LogP contribution in [0.25, 0.3) is 0 Å². The molecule has 0 saturated carbocycles. The quantitative estimate of drug-likeness (QED) is 0.512. The lowest BCUT2D eigenvalue weighted by molar-refractivity contribution is -0.136. The van der Waals surface area contributed by atoms with Crippen molar-refractivity contribution in [2.45, 2.75) is 25.2 Å². The maximum atomic E-state index is 12.2. The molecule has 0 atom stereocenters. The van der Waals surface area contributed by atoms with Crippen LogP contribution in [-0.4, -0.2) is 30.2 Å². The van der Waals surface area contributed by atoms with Gasteiger partial charge in [0.15, 0.2) is 0 Å². The van der Waals surface area contributed by atoms with Crippen LogP contribution in [0.5, 0.6) is 0 Å². The van der Waals surface area contributed by atoms with Crippen molar-refractivity contribution in [2.75, 3.05) is 13.4 Å². The van der Waals surface area contributed by atoms with Gasteiger partial charge in [-0.2, -0.15) is 0 Å². The molecular weight excluding hydrogens is 276 g/mol. The smallest absolute Gasteiger partial charge is 0.354 e. The van der Waals surface area contributed by atoms with Crippen LogP contribution in [0.1, 0.15) is 30.0 Å². The lowest BCUT2D eigenvalue weighted by Gasteiger charge is -2.10. The summed E-state index contributed by atoms with van der Waals surface area (Å²) in [7, 11) is 1.27. The first-order valence-corrected chi connectivity index (χ1v) is 7.39. The minimum Gasteiger partial charge on any atom is -0.464 e. The van der Waals surface area contributed by atoms with Crippen LogP contribution in [0, 0.1) is 0 Å². The standard InChI is InChI=1S/C14H18N2O3S/c1-5-9-7-8-11(20-4)12(15-9)13(17)16-10(6-2)14(18)19-3/h6-8H,5H2,1-4H3,(H,16,17)/b10-6+. The van der Waals surface area contributed by atoms with E-state index in [-0.39, 0.29) is 5.70 Å². The summed E-state index contributed by atoms with van der Waals surface area (Å²) in [4.78, 5) is 28.8. The Labute approximate surface area is 122 Å². The predicted octanol–water partition coefficient (Wildman–Crippen LogP) is 2.17. The zero-order valence-corrected chi connectivity index (χ0v) is 12.8. The maximum absolute atomic E-state index is 12.2. The molecule has 0 aliphatic heterocycles. The number of esters is 1. The second-order valence-corrected chi connectivity index (χ2v) is 4.70. The van der Waals surface area contributed by atoms with E-state index in [0.717, 1.165) is 17.0 Å². The lowest BCUT2D eigenvalue weighted by Crippen LogP contribution is -2.29. The number of hydrogen-bond donors (Lipinski definition) is 1. The zero-order chi connectivity index (χ0) is 15.1. The number of carbonyl (C=O) groups excluding carboxylic acids is 2. The number of thioether (sulfide) groups is 1. The normalized spacial score (nSPS) is 11.1. The summed E-state index contributed by atoms with van der Waals surface area (Å²) in [5.74, 6) is -0.999. The molecule has 0 aromatic carbocycles. The number of nitrogens with zero attached hydrogens (tertiary/aromatic N) is 1. The molecule has 0 saturated heterocycles. The third-order valence-electron chi connectivity index (χ3n) is 2.66. The summed E-state index contributed by atoms with van der Waals surface area (Å²) in [5.41, 5.74) is 1.25. The number of hydrogen-bond acceptors (Lipinski definition) is 5. The molecular formula is C14H18N2O3S. The van der Waals surface area contributed by atoms with E-state index < -0.39 is 11.9 Å². The monoisotopic (exact) mass is 294 g/mol. The predicted molar refractivity (Wildman–Crippen MR) is 78.6 cm³/mol. The Hall–Kier alpha value is -1.82. The molecule has 0 aliphatic carbocycles. The number of carbonyl (C=O) groups is 2. The van der Waals surface area contributed by atoms with Crippen molar-refractivity contribution < 1.29 is 14.3 Å². The van der Waals surface area contributed by atoms with Gasteiger partial charge in [-0.25, -0.2) is 9.78 Å². The molecule has 1 rings (SSSR count). The van der Waals surface area contributed by atoms with E-state index in [4.69, 9.17) is 0 Å². The Kier molecular flexibility index (Phi) is 6.24. The number of pyridine rings is 1. The molecule has 0 aliphatic rings. The van der Waals surface area contributed by atoms with Gasteiger partial charge in [0.25, 0.3) is 5.91 Å². The second kappa shape index (κ2) is 7.69. The molecule has 6 heteroatoms. The van der Waals surface area contributed by atoms with Crippen LogP contribution in [-0.2, 0) is 16.0 Å². The molecule has 0 bridgehead atoms. The summed E-state index contributed by atoms with van der Waals surface area (Å²) in [6.45, 7) is 3.62. The average Bonchev–Trinajstić information content (AvgIpc) is 2.50. The van der Waals surface area contributed by atoms with E-state index >= 15 is 0 Å². The van der Waals surface area contributed by atoms with Gasteiger partial charge in [-0.1, -0.05) is 13.0 Å². The molecule has 0 spiro atoms. The van der Waals surface area contributed by atoms with Gasteiger partial charge in [0.05, 0.1) is 7.11 Å². The van der Waals surface area contributed by atoms with Crippen molar-refractivity contribution in [1.82, 2.24) is 10.3 Å². The van der Waals surface area contributed by atoms with Crippen LogP contribution in [0.2, 0.25) is 0 Å². The minimum atomic E-state index is -0.585. The van der Waals surface area contributed by atoms with Crippen LogP contribution in [0.15, 0.2) is 28.8 Å². The molecule has 1 amide bonds. The van der Waals surface area contributed by atoms with E-state index in [2.05, 4.69) is 15.0 Å². The second-order valence-electron chi connectivity index (χ2n) is 3.86. The highest BCUT2D eigenvalue weighted by Crippen LogP contribution is 2.19. The Morgan fingerprint density at radius 3 is 2.65 bits per heavy atom. The topological polar surface area (TPSA) is 68.3 Å². The third-order valence-corrected chi connectivity index (χ3v) is 3.42. The highest BCUT2D eigenvalue weighted by Gasteiger charge is 2.18. The van der Waals surface area contributed by atoms with Crippen LogP contribution < -0.4 is 5.32 Å². The minimum absolute atomic E-state index is 0.105. The molecule has 1 N–H and O–H groups in total. The Morgan fingerprint density at radius 1 is 1.45 bits per heavy atom. The summed E-state index contributed by atoms with van der Waals surface area (Å²) in [5, 5.41) is 2.53. The molecule has 20 heavy (non-hydrogen) atoms. The molecule has 108 valence electrons. The SMILES string of the molecule is C/C=C(/NC(=O)c1nc(CC)ccc1SC)C(=O)OC. The highest BCUT2D eigenvalue weighted by atomic mass is 32.2. The fourth-order valence-corrected chi connectivity index (χ4v) is 2.08. The van der Waals surface area contributed by atoms with Crippen LogP contribution in [0.3, 0.4) is 0 Å². The Morgan fingerprint density at radius 2 is 2.15 bits per heavy atom. The van der Waals surface area contributed by atoms with Crippen molar-refractivity contribution in [3.63, 3.8) is 0 Å². The Balaban J connectivity index is 3.05. The van der Waals surface area contributed by atoms with Crippen molar-refractivity contribution in [3.05, 3.63) is 35.3 Å². The summed E-state index contributed by atoms with van der Waals surface area (Å²) >= 11 is 1.43. The number of aryl methyl sites for hydroxylation is 1. The van der Waals surface area contributed by atoms with Gasteiger partial charge in [-0.15, -0.1) is 11.8 Å². The zero-order valence-electron chi connectivity index (χ0n) is 12.0. The number of aromatic nitrogens is 1. The lowest BCUT2D eigenvalue weighted by atomic mass is 10.2. The number of nitrogens with one attached hydrogen (secondary N) is 1. The van der Waals surface area contributed by atoms with Crippen LogP contribution >= 0.6 is 11.8 Å². The van der Waals surface area contributed by atoms with Crippen LogP contribution in [0.4, 0.5) is 0 Å². The van der Waals surface area contributed by atoms with Gasteiger partial charge in [0, 0.05) is 10.6 Å². The fraction of sp³-hybridized carbons (Fsp3) is 0.357.